The van der Waals surface area contributed by atoms with Gasteiger partial charge >= 0.3 is 5.97 Å². The Hall–Kier alpha value is -2.27. The lowest BCUT2D eigenvalue weighted by molar-refractivity contribution is 0.0466. The molecule has 0 aromatic heterocycles. The van der Waals surface area contributed by atoms with Gasteiger partial charge in [0, 0.05) is 5.02 Å². The summed E-state index contributed by atoms with van der Waals surface area (Å²) in [4.78, 5) is 12.0. The van der Waals surface area contributed by atoms with E-state index >= 15 is 0 Å². The number of esters is 1. The van der Waals surface area contributed by atoms with Gasteiger partial charge in [-0.1, -0.05) is 11.6 Å². The number of aryl methyl sites for hydroxylation is 1. The zero-order chi connectivity index (χ0) is 17.0. The normalized spacial score (nSPS) is 10.3. The van der Waals surface area contributed by atoms with Gasteiger partial charge in [0.2, 0.25) is 0 Å². The highest BCUT2D eigenvalue weighted by Crippen LogP contribution is 2.30. The minimum absolute atomic E-state index is 0.00686. The Labute approximate surface area is 138 Å². The van der Waals surface area contributed by atoms with Crippen molar-refractivity contribution in [1.82, 2.24) is 0 Å². The Morgan fingerprint density at radius 2 is 1.78 bits per heavy atom. The number of benzene rings is 2. The van der Waals surface area contributed by atoms with Gasteiger partial charge in [0.15, 0.2) is 11.5 Å². The zero-order valence-electron chi connectivity index (χ0n) is 13.0. The van der Waals surface area contributed by atoms with Gasteiger partial charge in [-0.05, 0) is 48.4 Å². The molecule has 2 aromatic carbocycles. The van der Waals surface area contributed by atoms with Crippen molar-refractivity contribution in [1.29, 1.82) is 0 Å². The Kier molecular flexibility index (Phi) is 5.45. The van der Waals surface area contributed by atoms with Gasteiger partial charge in [-0.15, -0.1) is 0 Å². The summed E-state index contributed by atoms with van der Waals surface area (Å²) in [7, 11) is 3.06. The van der Waals surface area contributed by atoms with Crippen molar-refractivity contribution < 1.29 is 23.4 Å². The number of rotatable bonds is 5. The van der Waals surface area contributed by atoms with Gasteiger partial charge in [0.25, 0.3) is 0 Å². The number of methoxy groups -OCH3 is 2. The quantitative estimate of drug-likeness (QED) is 0.768. The summed E-state index contributed by atoms with van der Waals surface area (Å²) in [5.41, 5.74) is 1.45. The van der Waals surface area contributed by atoms with Crippen LogP contribution in [0.2, 0.25) is 5.02 Å². The zero-order valence-corrected chi connectivity index (χ0v) is 13.7. The van der Waals surface area contributed by atoms with E-state index in [9.17, 15) is 9.18 Å². The molecule has 0 atom stereocenters. The second-order valence-corrected chi connectivity index (χ2v) is 5.27. The van der Waals surface area contributed by atoms with Crippen LogP contribution in [0.1, 0.15) is 21.5 Å². The largest absolute Gasteiger partial charge is 0.493 e. The smallest absolute Gasteiger partial charge is 0.341 e. The molecular weight excluding hydrogens is 323 g/mol. The van der Waals surface area contributed by atoms with E-state index in [2.05, 4.69) is 0 Å². The lowest BCUT2D eigenvalue weighted by Gasteiger charge is -2.13. The molecule has 0 bridgehead atoms. The number of ether oxygens (including phenoxy) is 3. The van der Waals surface area contributed by atoms with E-state index in [1.165, 1.54) is 19.2 Å². The number of carbonyl (C=O) groups is 1. The molecule has 0 aliphatic heterocycles. The number of halogens is 2. The van der Waals surface area contributed by atoms with Crippen LogP contribution in [-0.4, -0.2) is 20.2 Å². The lowest BCUT2D eigenvalue weighted by Crippen LogP contribution is -2.08. The van der Waals surface area contributed by atoms with E-state index in [0.717, 1.165) is 17.2 Å². The van der Waals surface area contributed by atoms with Gasteiger partial charge in [-0.25, -0.2) is 9.18 Å². The molecule has 0 aliphatic rings. The molecule has 23 heavy (non-hydrogen) atoms. The minimum atomic E-state index is -0.756. The Morgan fingerprint density at radius 1 is 1.13 bits per heavy atom. The molecule has 0 saturated carbocycles. The third kappa shape index (κ3) is 3.93. The van der Waals surface area contributed by atoms with Crippen LogP contribution in [0.4, 0.5) is 4.39 Å². The average molecular weight is 339 g/mol. The molecule has 0 unspecified atom stereocenters. The van der Waals surface area contributed by atoms with Crippen molar-refractivity contribution >= 4 is 17.6 Å². The maximum Gasteiger partial charge on any atom is 0.341 e. The summed E-state index contributed by atoms with van der Waals surface area (Å²) in [6, 6.07) is 7.30. The highest BCUT2D eigenvalue weighted by molar-refractivity contribution is 6.30. The first-order valence-electron chi connectivity index (χ1n) is 6.80. The third-order valence-corrected chi connectivity index (χ3v) is 3.59. The second kappa shape index (κ2) is 7.33. The number of hydrogen-bond acceptors (Lipinski definition) is 4. The van der Waals surface area contributed by atoms with Crippen molar-refractivity contribution in [2.75, 3.05) is 14.2 Å². The van der Waals surface area contributed by atoms with Crippen LogP contribution in [0.25, 0.3) is 0 Å². The van der Waals surface area contributed by atoms with Crippen molar-refractivity contribution in [2.45, 2.75) is 13.5 Å². The minimum Gasteiger partial charge on any atom is -0.493 e. The van der Waals surface area contributed by atoms with Crippen molar-refractivity contribution in [3.63, 3.8) is 0 Å². The van der Waals surface area contributed by atoms with Crippen molar-refractivity contribution in [3.8, 4) is 11.5 Å². The van der Waals surface area contributed by atoms with E-state index in [1.54, 1.807) is 19.2 Å². The molecule has 2 rings (SSSR count). The van der Waals surface area contributed by atoms with Gasteiger partial charge < -0.3 is 14.2 Å². The predicted octanol–water partition coefficient (Wildman–Crippen LogP) is 4.16. The summed E-state index contributed by atoms with van der Waals surface area (Å²) in [6.45, 7) is 1.85. The van der Waals surface area contributed by atoms with Crippen molar-refractivity contribution in [3.05, 3.63) is 57.9 Å². The summed E-state index contributed by atoms with van der Waals surface area (Å²) in [5.74, 6) is -0.356. The molecule has 6 heteroatoms. The first kappa shape index (κ1) is 17.1. The van der Waals surface area contributed by atoms with Crippen LogP contribution in [0.5, 0.6) is 11.5 Å². The molecular formula is C17H16ClFO4. The maximum atomic E-state index is 13.7. The van der Waals surface area contributed by atoms with Crippen LogP contribution >= 0.6 is 11.6 Å². The Bertz CT molecular complexity index is 731. The van der Waals surface area contributed by atoms with Gasteiger partial charge in [0.1, 0.15) is 12.4 Å². The Morgan fingerprint density at radius 3 is 2.39 bits per heavy atom. The first-order valence-corrected chi connectivity index (χ1v) is 7.17. The van der Waals surface area contributed by atoms with Crippen LogP contribution in [-0.2, 0) is 11.3 Å². The number of hydrogen-bond donors (Lipinski definition) is 0. The SMILES string of the molecule is COc1cc(C)c(COC(=O)c2ccc(Cl)cc2F)cc1OC. The molecule has 0 N–H and O–H groups in total. The van der Waals surface area contributed by atoms with Crippen molar-refractivity contribution in [2.24, 2.45) is 0 Å². The highest BCUT2D eigenvalue weighted by atomic mass is 35.5. The highest BCUT2D eigenvalue weighted by Gasteiger charge is 2.15. The van der Waals surface area contributed by atoms with Crippen LogP contribution in [0.3, 0.4) is 0 Å². The van der Waals surface area contributed by atoms with E-state index in [-0.39, 0.29) is 17.2 Å². The maximum absolute atomic E-state index is 13.7. The van der Waals surface area contributed by atoms with Crippen LogP contribution < -0.4 is 9.47 Å². The summed E-state index contributed by atoms with van der Waals surface area (Å²) >= 11 is 5.66. The molecule has 0 fully saturated rings. The molecule has 122 valence electrons. The predicted molar refractivity (Wildman–Crippen MR) is 84.8 cm³/mol. The van der Waals surface area contributed by atoms with Gasteiger partial charge in [-0.3, -0.25) is 0 Å². The second-order valence-electron chi connectivity index (χ2n) is 4.83. The monoisotopic (exact) mass is 338 g/mol. The summed E-state index contributed by atoms with van der Waals surface area (Å²) < 4.78 is 29.3. The molecule has 2 aromatic rings. The third-order valence-electron chi connectivity index (χ3n) is 3.35. The fourth-order valence-electron chi connectivity index (χ4n) is 2.05. The standard InChI is InChI=1S/C17H16ClFO4/c1-10-6-15(21-2)16(22-3)7-11(10)9-23-17(20)13-5-4-12(18)8-14(13)19/h4-8H,9H2,1-3H3. The molecule has 0 amide bonds. The molecule has 0 heterocycles. The summed E-state index contributed by atoms with van der Waals surface area (Å²) in [5, 5.41) is 0.217. The first-order chi connectivity index (χ1) is 11.0. The van der Waals surface area contributed by atoms with E-state index in [0.29, 0.717) is 11.5 Å². The van der Waals surface area contributed by atoms with Gasteiger partial charge in [-0.2, -0.15) is 0 Å². The van der Waals surface area contributed by atoms with Gasteiger partial charge in [0.05, 0.1) is 19.8 Å². The molecule has 0 saturated heterocycles. The molecule has 0 spiro atoms. The van der Waals surface area contributed by atoms with Crippen LogP contribution in [0, 0.1) is 12.7 Å². The fourth-order valence-corrected chi connectivity index (χ4v) is 2.21. The van der Waals surface area contributed by atoms with Crippen LogP contribution in [0.15, 0.2) is 30.3 Å². The summed E-state index contributed by atoms with van der Waals surface area (Å²) in [6.07, 6.45) is 0. The fraction of sp³-hybridized carbons (Fsp3) is 0.235. The van der Waals surface area contributed by atoms with E-state index in [1.807, 2.05) is 6.92 Å². The lowest BCUT2D eigenvalue weighted by atomic mass is 10.1. The topological polar surface area (TPSA) is 44.8 Å². The molecule has 4 nitrogen and oxygen atoms in total. The molecule has 0 radical (unpaired) electrons. The molecule has 0 aliphatic carbocycles. The van der Waals surface area contributed by atoms with E-state index in [4.69, 9.17) is 25.8 Å². The number of carbonyl (C=O) groups excluding carboxylic acids is 1. The Balaban J connectivity index is 2.15. The average Bonchev–Trinajstić information content (AvgIpc) is 2.53. The van der Waals surface area contributed by atoms with E-state index < -0.39 is 11.8 Å².